The van der Waals surface area contributed by atoms with Crippen LogP contribution >= 0.6 is 0 Å². The Kier molecular flexibility index (Phi) is 10.7. The van der Waals surface area contributed by atoms with Gasteiger partial charge in [0.15, 0.2) is 0 Å². The first-order valence-corrected chi connectivity index (χ1v) is 12.1. The largest absolute Gasteiger partial charge is 0.480 e. The number of carbonyl (C=O) groups excluding carboxylic acids is 4. The van der Waals surface area contributed by atoms with Crippen LogP contribution in [0.5, 0.6) is 0 Å². The summed E-state index contributed by atoms with van der Waals surface area (Å²) in [5, 5.41) is 16.7. The molecule has 0 spiro atoms. The smallest absolute Gasteiger partial charge is 0.408 e. The second-order valence-corrected chi connectivity index (χ2v) is 9.46. The summed E-state index contributed by atoms with van der Waals surface area (Å²) in [5.41, 5.74) is 0.809. The van der Waals surface area contributed by atoms with Gasteiger partial charge in [-0.1, -0.05) is 58.0 Å². The summed E-state index contributed by atoms with van der Waals surface area (Å²) in [4.78, 5) is 63.2. The van der Waals surface area contributed by atoms with Gasteiger partial charge in [0.1, 0.15) is 24.7 Å². The molecule has 1 heterocycles. The summed E-state index contributed by atoms with van der Waals surface area (Å²) in [6.45, 7) is 6.87. The highest BCUT2D eigenvalue weighted by atomic mass is 16.5. The molecule has 2 rings (SSSR count). The minimum absolute atomic E-state index is 0.0576. The summed E-state index contributed by atoms with van der Waals surface area (Å²) in [5.74, 6) is -3.31. The van der Waals surface area contributed by atoms with Crippen molar-refractivity contribution < 1.29 is 33.8 Å². The predicted octanol–water partition coefficient (Wildman–Crippen LogP) is 1.27. The van der Waals surface area contributed by atoms with Crippen molar-refractivity contribution in [1.29, 1.82) is 0 Å². The van der Waals surface area contributed by atoms with Crippen molar-refractivity contribution in [3.8, 4) is 0 Å². The Hall–Kier alpha value is -3.63. The summed E-state index contributed by atoms with van der Waals surface area (Å²) in [6, 6.07) is 6.37. The van der Waals surface area contributed by atoms with Crippen molar-refractivity contribution in [2.75, 3.05) is 13.1 Å². The first kappa shape index (κ1) is 28.6. The average Bonchev–Trinajstić information content (AvgIpc) is 3.33. The minimum Gasteiger partial charge on any atom is -0.480 e. The fourth-order valence-electron chi connectivity index (χ4n) is 3.91. The molecule has 0 radical (unpaired) electrons. The van der Waals surface area contributed by atoms with E-state index in [4.69, 9.17) is 4.74 Å². The molecule has 1 aliphatic rings. The third-order valence-corrected chi connectivity index (χ3v) is 5.93. The quantitative estimate of drug-likeness (QED) is 0.354. The van der Waals surface area contributed by atoms with Gasteiger partial charge in [-0.3, -0.25) is 14.4 Å². The second kappa shape index (κ2) is 13.5. The molecule has 36 heavy (non-hydrogen) atoms. The molecule has 4 amide bonds. The topological polar surface area (TPSA) is 154 Å². The standard InChI is InChI=1S/C25H36N4O7/c1-15(2)20(28-25(35)36-14-17-9-6-5-7-10-17)23(32)29-12-8-11-18(29)22(31)26-13-19(30)27-21(16(3)4)24(33)34/h5-7,9-10,15-16,18,20-21H,8,11-14H2,1-4H3,(H,26,31)(H,27,30)(H,28,35)(H,33,34)/t18-,20-,21-/m0/s1. The molecule has 1 aromatic carbocycles. The molecule has 11 heteroatoms. The van der Waals surface area contributed by atoms with Crippen molar-refractivity contribution in [1.82, 2.24) is 20.9 Å². The van der Waals surface area contributed by atoms with Crippen LogP contribution in [0.2, 0.25) is 0 Å². The van der Waals surface area contributed by atoms with E-state index < -0.39 is 54.5 Å². The Labute approximate surface area is 210 Å². The molecule has 0 unspecified atom stereocenters. The van der Waals surface area contributed by atoms with Gasteiger partial charge in [0, 0.05) is 6.54 Å². The van der Waals surface area contributed by atoms with Crippen molar-refractivity contribution in [2.24, 2.45) is 11.8 Å². The van der Waals surface area contributed by atoms with Gasteiger partial charge in [-0.2, -0.15) is 0 Å². The number of carboxylic acid groups (broad SMARTS) is 1. The van der Waals surface area contributed by atoms with E-state index in [2.05, 4.69) is 16.0 Å². The van der Waals surface area contributed by atoms with Crippen LogP contribution in [0.25, 0.3) is 0 Å². The third-order valence-electron chi connectivity index (χ3n) is 5.93. The van der Waals surface area contributed by atoms with Crippen LogP contribution in [0.1, 0.15) is 46.1 Å². The number of ether oxygens (including phenoxy) is 1. The molecular formula is C25H36N4O7. The molecule has 1 saturated heterocycles. The minimum atomic E-state index is -1.16. The fourth-order valence-corrected chi connectivity index (χ4v) is 3.91. The lowest BCUT2D eigenvalue weighted by Crippen LogP contribution is -2.56. The number of hydrogen-bond donors (Lipinski definition) is 4. The van der Waals surface area contributed by atoms with Crippen molar-refractivity contribution >= 4 is 29.8 Å². The maximum atomic E-state index is 13.3. The molecule has 0 aliphatic carbocycles. The van der Waals surface area contributed by atoms with Crippen LogP contribution in [0, 0.1) is 11.8 Å². The van der Waals surface area contributed by atoms with Crippen molar-refractivity contribution in [2.45, 2.75) is 65.3 Å². The van der Waals surface area contributed by atoms with Crippen molar-refractivity contribution in [3.63, 3.8) is 0 Å². The van der Waals surface area contributed by atoms with Gasteiger partial charge < -0.3 is 30.7 Å². The number of alkyl carbamates (subject to hydrolysis) is 1. The van der Waals surface area contributed by atoms with Gasteiger partial charge in [0.25, 0.3) is 0 Å². The van der Waals surface area contributed by atoms with Crippen LogP contribution in [-0.4, -0.2) is 71.0 Å². The predicted molar refractivity (Wildman–Crippen MR) is 131 cm³/mol. The first-order chi connectivity index (χ1) is 17.0. The number of aliphatic carboxylic acids is 1. The van der Waals surface area contributed by atoms with Gasteiger partial charge in [0.05, 0.1) is 6.54 Å². The lowest BCUT2D eigenvalue weighted by atomic mass is 10.0. The van der Waals surface area contributed by atoms with Gasteiger partial charge in [-0.25, -0.2) is 9.59 Å². The molecule has 3 atom stereocenters. The number of likely N-dealkylation sites (tertiary alicyclic amines) is 1. The summed E-state index contributed by atoms with van der Waals surface area (Å²) >= 11 is 0. The van der Waals surface area contributed by atoms with Crippen LogP contribution in [0.4, 0.5) is 4.79 Å². The zero-order chi connectivity index (χ0) is 26.8. The van der Waals surface area contributed by atoms with Crippen molar-refractivity contribution in [3.05, 3.63) is 35.9 Å². The average molecular weight is 505 g/mol. The normalized spacial score (nSPS) is 16.8. The third kappa shape index (κ3) is 8.24. The number of amides is 4. The number of nitrogens with one attached hydrogen (secondary N) is 3. The molecule has 1 aromatic rings. The summed E-state index contributed by atoms with van der Waals surface area (Å²) in [6.07, 6.45) is 0.265. The van der Waals surface area contributed by atoms with Crippen LogP contribution in [0.3, 0.4) is 0 Å². The summed E-state index contributed by atoms with van der Waals surface area (Å²) < 4.78 is 5.24. The molecule has 0 saturated carbocycles. The van der Waals surface area contributed by atoms with E-state index in [1.54, 1.807) is 27.7 Å². The Bertz CT molecular complexity index is 936. The number of hydrogen-bond acceptors (Lipinski definition) is 6. The molecule has 1 aliphatic heterocycles. The summed E-state index contributed by atoms with van der Waals surface area (Å²) in [7, 11) is 0. The SMILES string of the molecule is CC(C)[C@H](NC(=O)CNC(=O)[C@@H]1CCCN1C(=O)[C@@H](NC(=O)OCc1ccccc1)C(C)C)C(=O)O. The van der Waals surface area contributed by atoms with E-state index >= 15 is 0 Å². The number of carboxylic acids is 1. The highest BCUT2D eigenvalue weighted by Crippen LogP contribution is 2.20. The molecular weight excluding hydrogens is 468 g/mol. The fraction of sp³-hybridized carbons (Fsp3) is 0.560. The van der Waals surface area contributed by atoms with Crippen LogP contribution < -0.4 is 16.0 Å². The Morgan fingerprint density at radius 3 is 2.22 bits per heavy atom. The van der Waals surface area contributed by atoms with E-state index in [1.807, 2.05) is 30.3 Å². The lowest BCUT2D eigenvalue weighted by Gasteiger charge is -2.30. The monoisotopic (exact) mass is 504 g/mol. The molecule has 198 valence electrons. The van der Waals surface area contributed by atoms with E-state index in [1.165, 1.54) is 4.90 Å². The number of benzene rings is 1. The lowest BCUT2D eigenvalue weighted by molar-refractivity contribution is -0.143. The van der Waals surface area contributed by atoms with Gasteiger partial charge in [-0.15, -0.1) is 0 Å². The number of nitrogens with zero attached hydrogens (tertiary/aromatic N) is 1. The molecule has 0 bridgehead atoms. The Morgan fingerprint density at radius 1 is 1.00 bits per heavy atom. The number of rotatable bonds is 11. The van der Waals surface area contributed by atoms with Gasteiger partial charge >= 0.3 is 12.1 Å². The second-order valence-electron chi connectivity index (χ2n) is 9.46. The first-order valence-electron chi connectivity index (χ1n) is 12.1. The van der Waals surface area contributed by atoms with E-state index in [9.17, 15) is 29.1 Å². The highest BCUT2D eigenvalue weighted by Gasteiger charge is 2.39. The van der Waals surface area contributed by atoms with E-state index in [-0.39, 0.29) is 18.4 Å². The zero-order valence-corrected chi connectivity index (χ0v) is 21.2. The molecule has 1 fully saturated rings. The highest BCUT2D eigenvalue weighted by molar-refractivity contribution is 5.94. The van der Waals surface area contributed by atoms with E-state index in [0.717, 1.165) is 5.56 Å². The van der Waals surface area contributed by atoms with Gasteiger partial charge in [-0.05, 0) is 30.2 Å². The van der Waals surface area contributed by atoms with Gasteiger partial charge in [0.2, 0.25) is 17.7 Å². The maximum Gasteiger partial charge on any atom is 0.408 e. The maximum absolute atomic E-state index is 13.3. The van der Waals surface area contributed by atoms with Crippen LogP contribution in [0.15, 0.2) is 30.3 Å². The Morgan fingerprint density at radius 2 is 1.64 bits per heavy atom. The number of carbonyl (C=O) groups is 5. The molecule has 11 nitrogen and oxygen atoms in total. The molecule has 4 N–H and O–H groups in total. The Balaban J connectivity index is 1.94. The van der Waals surface area contributed by atoms with E-state index in [0.29, 0.717) is 19.4 Å². The van der Waals surface area contributed by atoms with Crippen LogP contribution in [-0.2, 0) is 30.5 Å². The molecule has 0 aromatic heterocycles. The zero-order valence-electron chi connectivity index (χ0n) is 21.2.